The van der Waals surface area contributed by atoms with Crippen LogP contribution in [-0.2, 0) is 15.9 Å². The van der Waals surface area contributed by atoms with Gasteiger partial charge >= 0.3 is 0 Å². The number of hydrogen-bond acceptors (Lipinski definition) is 3. The van der Waals surface area contributed by atoms with Crippen molar-refractivity contribution in [3.8, 4) is 0 Å². The van der Waals surface area contributed by atoms with E-state index in [-0.39, 0.29) is 6.04 Å². The van der Waals surface area contributed by atoms with Crippen LogP contribution in [0.4, 0.5) is 0 Å². The Bertz CT molecular complexity index is 358. The summed E-state index contributed by atoms with van der Waals surface area (Å²) in [4.78, 5) is 0. The molecular formula is C16H25NO2. The third-order valence-corrected chi connectivity index (χ3v) is 3.62. The lowest BCUT2D eigenvalue weighted by Gasteiger charge is -2.15. The number of rotatable bonds is 7. The minimum atomic E-state index is -0.0296. The molecule has 0 saturated carbocycles. The highest BCUT2D eigenvalue weighted by Crippen LogP contribution is 2.16. The van der Waals surface area contributed by atoms with Crippen molar-refractivity contribution in [2.45, 2.75) is 32.2 Å². The van der Waals surface area contributed by atoms with Crippen molar-refractivity contribution in [1.82, 2.24) is 0 Å². The molecule has 2 unspecified atom stereocenters. The van der Waals surface area contributed by atoms with Gasteiger partial charge < -0.3 is 15.2 Å². The molecule has 19 heavy (non-hydrogen) atoms. The molecule has 0 amide bonds. The summed E-state index contributed by atoms with van der Waals surface area (Å²) in [7, 11) is 0. The number of hydrogen-bond donors (Lipinski definition) is 1. The predicted octanol–water partition coefficient (Wildman–Crippen LogP) is 2.69. The molecular weight excluding hydrogens is 238 g/mol. The van der Waals surface area contributed by atoms with Crippen molar-refractivity contribution in [3.63, 3.8) is 0 Å². The SMILES string of the molecule is CCCc1ccc(C(N)COCC2CCOC2)cc1. The molecule has 2 atom stereocenters. The van der Waals surface area contributed by atoms with Crippen LogP contribution in [0.25, 0.3) is 0 Å². The Labute approximate surface area is 116 Å². The summed E-state index contributed by atoms with van der Waals surface area (Å²) in [6.45, 7) is 5.26. The zero-order valence-corrected chi connectivity index (χ0v) is 11.8. The van der Waals surface area contributed by atoms with Crippen LogP contribution in [0.1, 0.15) is 36.9 Å². The lowest BCUT2D eigenvalue weighted by Crippen LogP contribution is -2.20. The van der Waals surface area contributed by atoms with E-state index in [1.807, 2.05) is 0 Å². The Morgan fingerprint density at radius 1 is 1.37 bits per heavy atom. The van der Waals surface area contributed by atoms with Gasteiger partial charge in [-0.05, 0) is 24.0 Å². The summed E-state index contributed by atoms with van der Waals surface area (Å²) in [6.07, 6.45) is 3.42. The fourth-order valence-corrected chi connectivity index (χ4v) is 2.39. The Hall–Kier alpha value is -0.900. The van der Waals surface area contributed by atoms with E-state index in [4.69, 9.17) is 15.2 Å². The minimum Gasteiger partial charge on any atom is -0.381 e. The zero-order chi connectivity index (χ0) is 13.5. The fraction of sp³-hybridized carbons (Fsp3) is 0.625. The lowest BCUT2D eigenvalue weighted by molar-refractivity contribution is 0.0808. The monoisotopic (exact) mass is 263 g/mol. The van der Waals surface area contributed by atoms with Crippen molar-refractivity contribution < 1.29 is 9.47 Å². The molecule has 1 aliphatic rings. The lowest BCUT2D eigenvalue weighted by atomic mass is 10.0. The molecule has 106 valence electrons. The predicted molar refractivity (Wildman–Crippen MR) is 77.1 cm³/mol. The molecule has 1 aromatic carbocycles. The number of nitrogens with two attached hydrogens (primary N) is 1. The van der Waals surface area contributed by atoms with Crippen LogP contribution in [0.3, 0.4) is 0 Å². The van der Waals surface area contributed by atoms with E-state index in [9.17, 15) is 0 Å². The Kier molecular flexibility index (Phi) is 5.83. The average Bonchev–Trinajstić information content (AvgIpc) is 2.93. The Balaban J connectivity index is 1.73. The number of benzene rings is 1. The molecule has 0 spiro atoms. The van der Waals surface area contributed by atoms with Crippen molar-refractivity contribution in [2.24, 2.45) is 11.7 Å². The second-order valence-electron chi connectivity index (χ2n) is 5.37. The average molecular weight is 263 g/mol. The molecule has 1 saturated heterocycles. The molecule has 2 rings (SSSR count). The highest BCUT2D eigenvalue weighted by Gasteiger charge is 2.16. The molecule has 2 N–H and O–H groups in total. The second kappa shape index (κ2) is 7.63. The van der Waals surface area contributed by atoms with Gasteiger partial charge in [0.05, 0.1) is 25.9 Å². The molecule has 1 fully saturated rings. The Morgan fingerprint density at radius 2 is 2.16 bits per heavy atom. The molecule has 3 nitrogen and oxygen atoms in total. The van der Waals surface area contributed by atoms with Crippen molar-refractivity contribution in [3.05, 3.63) is 35.4 Å². The van der Waals surface area contributed by atoms with Crippen LogP contribution >= 0.6 is 0 Å². The summed E-state index contributed by atoms with van der Waals surface area (Å²) >= 11 is 0. The summed E-state index contributed by atoms with van der Waals surface area (Å²) < 4.78 is 11.0. The van der Waals surface area contributed by atoms with Crippen LogP contribution in [-0.4, -0.2) is 26.4 Å². The van der Waals surface area contributed by atoms with E-state index in [0.717, 1.165) is 38.2 Å². The quantitative estimate of drug-likeness (QED) is 0.822. The molecule has 1 aromatic rings. The first-order valence-corrected chi connectivity index (χ1v) is 7.29. The summed E-state index contributed by atoms with van der Waals surface area (Å²) in [5.74, 6) is 0.555. The van der Waals surface area contributed by atoms with Gasteiger partial charge in [0.15, 0.2) is 0 Å². The van der Waals surface area contributed by atoms with Crippen LogP contribution in [0.5, 0.6) is 0 Å². The van der Waals surface area contributed by atoms with Gasteiger partial charge in [0.25, 0.3) is 0 Å². The highest BCUT2D eigenvalue weighted by molar-refractivity contribution is 5.24. The topological polar surface area (TPSA) is 44.5 Å². The Morgan fingerprint density at radius 3 is 2.79 bits per heavy atom. The van der Waals surface area contributed by atoms with E-state index in [0.29, 0.717) is 12.5 Å². The van der Waals surface area contributed by atoms with Crippen molar-refractivity contribution in [2.75, 3.05) is 26.4 Å². The third kappa shape index (κ3) is 4.60. The largest absolute Gasteiger partial charge is 0.381 e. The van der Waals surface area contributed by atoms with Crippen LogP contribution < -0.4 is 5.73 Å². The van der Waals surface area contributed by atoms with E-state index >= 15 is 0 Å². The highest BCUT2D eigenvalue weighted by atomic mass is 16.5. The second-order valence-corrected chi connectivity index (χ2v) is 5.37. The molecule has 1 aliphatic heterocycles. The maximum Gasteiger partial charge on any atom is 0.0659 e. The summed E-state index contributed by atoms with van der Waals surface area (Å²) in [6, 6.07) is 8.56. The maximum atomic E-state index is 6.15. The smallest absolute Gasteiger partial charge is 0.0659 e. The molecule has 0 aliphatic carbocycles. The van der Waals surface area contributed by atoms with E-state index < -0.39 is 0 Å². The van der Waals surface area contributed by atoms with Gasteiger partial charge in [0.2, 0.25) is 0 Å². The van der Waals surface area contributed by atoms with E-state index in [1.165, 1.54) is 12.0 Å². The fourth-order valence-electron chi connectivity index (χ4n) is 2.39. The number of aryl methyl sites for hydroxylation is 1. The standard InChI is InChI=1S/C16H25NO2/c1-2-3-13-4-6-15(7-5-13)16(17)12-19-11-14-8-9-18-10-14/h4-7,14,16H,2-3,8-12,17H2,1H3. The molecule has 0 radical (unpaired) electrons. The van der Waals surface area contributed by atoms with Gasteiger partial charge in [-0.1, -0.05) is 37.6 Å². The van der Waals surface area contributed by atoms with Gasteiger partial charge in [-0.15, -0.1) is 0 Å². The van der Waals surface area contributed by atoms with E-state index in [2.05, 4.69) is 31.2 Å². The number of ether oxygens (including phenoxy) is 2. The molecule has 0 bridgehead atoms. The van der Waals surface area contributed by atoms with Gasteiger partial charge in [0.1, 0.15) is 0 Å². The van der Waals surface area contributed by atoms with Gasteiger partial charge in [-0.25, -0.2) is 0 Å². The van der Waals surface area contributed by atoms with Gasteiger partial charge in [-0.2, -0.15) is 0 Å². The van der Waals surface area contributed by atoms with Crippen LogP contribution in [0, 0.1) is 5.92 Å². The first-order valence-electron chi connectivity index (χ1n) is 7.29. The molecule has 0 aromatic heterocycles. The summed E-state index contributed by atoms with van der Waals surface area (Å²) in [5, 5.41) is 0. The molecule has 3 heteroatoms. The maximum absolute atomic E-state index is 6.15. The van der Waals surface area contributed by atoms with E-state index in [1.54, 1.807) is 0 Å². The zero-order valence-electron chi connectivity index (χ0n) is 11.8. The van der Waals surface area contributed by atoms with Crippen molar-refractivity contribution >= 4 is 0 Å². The van der Waals surface area contributed by atoms with Gasteiger partial charge in [-0.3, -0.25) is 0 Å². The van der Waals surface area contributed by atoms with Crippen LogP contribution in [0.15, 0.2) is 24.3 Å². The minimum absolute atomic E-state index is 0.0296. The molecule has 1 heterocycles. The van der Waals surface area contributed by atoms with Crippen LogP contribution in [0.2, 0.25) is 0 Å². The summed E-state index contributed by atoms with van der Waals surface area (Å²) in [5.41, 5.74) is 8.68. The normalized spacial score (nSPS) is 20.6. The third-order valence-electron chi connectivity index (χ3n) is 3.62. The first kappa shape index (κ1) is 14.5. The van der Waals surface area contributed by atoms with Gasteiger partial charge in [0, 0.05) is 12.5 Å². The first-order chi connectivity index (χ1) is 9.29. The van der Waals surface area contributed by atoms with Crippen molar-refractivity contribution in [1.29, 1.82) is 0 Å².